The molecule has 0 aromatic heterocycles. The average molecular weight is 404 g/mol. The summed E-state index contributed by atoms with van der Waals surface area (Å²) in [6, 6.07) is 8.97. The molecule has 1 fully saturated rings. The predicted molar refractivity (Wildman–Crippen MR) is 119 cm³/mol. The van der Waals surface area contributed by atoms with Gasteiger partial charge in [0.05, 0.1) is 12.1 Å². The molecule has 0 radical (unpaired) electrons. The van der Waals surface area contributed by atoms with E-state index < -0.39 is 17.2 Å². The van der Waals surface area contributed by atoms with Crippen LogP contribution in [0.2, 0.25) is 0 Å². The van der Waals surface area contributed by atoms with Crippen LogP contribution in [0, 0.1) is 0 Å². The number of aliphatic hydroxyl groups is 1. The van der Waals surface area contributed by atoms with Crippen LogP contribution in [0.4, 0.5) is 4.79 Å². The minimum absolute atomic E-state index is 0.0567. The zero-order chi connectivity index (χ0) is 21.3. The fraction of sp³-hybridized carbons (Fsp3) is 0.720. The van der Waals surface area contributed by atoms with E-state index in [-0.39, 0.29) is 6.61 Å². The van der Waals surface area contributed by atoms with Gasteiger partial charge in [-0.15, -0.1) is 0 Å². The summed E-state index contributed by atoms with van der Waals surface area (Å²) in [7, 11) is 0. The molecular formula is C25H41NO3. The van der Waals surface area contributed by atoms with Gasteiger partial charge in [-0.1, -0.05) is 63.3 Å². The minimum atomic E-state index is -0.579. The third-order valence-electron chi connectivity index (χ3n) is 5.95. The fourth-order valence-electron chi connectivity index (χ4n) is 4.29. The Labute approximate surface area is 177 Å². The molecule has 1 aliphatic carbocycles. The second-order valence-corrected chi connectivity index (χ2v) is 9.76. The number of aryl methyl sites for hydroxylation is 1. The maximum Gasteiger partial charge on any atom is 0.408 e. The maximum absolute atomic E-state index is 12.2. The van der Waals surface area contributed by atoms with E-state index in [1.165, 1.54) is 49.7 Å². The molecule has 0 saturated heterocycles. The lowest BCUT2D eigenvalue weighted by atomic mass is 9.92. The standard InChI is InChI=1S/C25H41NO3/c1-5-6-7-8-9-10-11-20-12-14-21(15-13-20)22-16-17-25(18-22,19-27)26-23(28)29-24(2,3)4/h12-15,22,27H,5-11,16-19H2,1-4H3,(H,26,28)/t22-,25-/m1/s1. The quantitative estimate of drug-likeness (QED) is 0.463. The second kappa shape index (κ2) is 11.0. The van der Waals surface area contributed by atoms with Gasteiger partial charge >= 0.3 is 6.09 Å². The summed E-state index contributed by atoms with van der Waals surface area (Å²) in [5.74, 6) is 0.361. The van der Waals surface area contributed by atoms with Crippen LogP contribution in [0.15, 0.2) is 24.3 Å². The Bertz CT molecular complexity index is 620. The molecule has 2 rings (SSSR count). The summed E-state index contributed by atoms with van der Waals surface area (Å²) in [6.07, 6.45) is 11.1. The van der Waals surface area contributed by atoms with Gasteiger partial charge in [-0.05, 0) is 69.9 Å². The number of alkyl carbamates (subject to hydrolysis) is 1. The number of hydrogen-bond donors (Lipinski definition) is 2. The molecule has 1 amide bonds. The molecule has 4 heteroatoms. The Morgan fingerprint density at radius 2 is 1.79 bits per heavy atom. The molecular weight excluding hydrogens is 362 g/mol. The Morgan fingerprint density at radius 1 is 1.14 bits per heavy atom. The topological polar surface area (TPSA) is 58.6 Å². The first-order chi connectivity index (χ1) is 13.8. The number of hydrogen-bond acceptors (Lipinski definition) is 3. The summed E-state index contributed by atoms with van der Waals surface area (Å²) in [4.78, 5) is 12.2. The fourth-order valence-corrected chi connectivity index (χ4v) is 4.29. The van der Waals surface area contributed by atoms with Crippen molar-refractivity contribution in [3.05, 3.63) is 35.4 Å². The summed E-state index contributed by atoms with van der Waals surface area (Å²) in [6.45, 7) is 7.75. The van der Waals surface area contributed by atoms with Gasteiger partial charge < -0.3 is 15.2 Å². The lowest BCUT2D eigenvalue weighted by molar-refractivity contribution is 0.0401. The molecule has 0 unspecified atom stereocenters. The minimum Gasteiger partial charge on any atom is -0.444 e. The zero-order valence-corrected chi connectivity index (χ0v) is 18.9. The van der Waals surface area contributed by atoms with Gasteiger partial charge in [0.2, 0.25) is 0 Å². The van der Waals surface area contributed by atoms with Crippen LogP contribution in [-0.2, 0) is 11.2 Å². The lowest BCUT2D eigenvalue weighted by Crippen LogP contribution is -2.51. The van der Waals surface area contributed by atoms with Crippen LogP contribution in [0.3, 0.4) is 0 Å². The third kappa shape index (κ3) is 8.00. The third-order valence-corrected chi connectivity index (χ3v) is 5.95. The number of aliphatic hydroxyl groups excluding tert-OH is 1. The molecule has 164 valence electrons. The molecule has 1 saturated carbocycles. The molecule has 0 bridgehead atoms. The molecule has 1 aromatic carbocycles. The number of amides is 1. The van der Waals surface area contributed by atoms with Crippen LogP contribution in [0.25, 0.3) is 0 Å². The number of carbonyl (C=O) groups is 1. The van der Waals surface area contributed by atoms with Crippen molar-refractivity contribution >= 4 is 6.09 Å². The van der Waals surface area contributed by atoms with Crippen molar-refractivity contribution in [3.8, 4) is 0 Å². The van der Waals surface area contributed by atoms with E-state index >= 15 is 0 Å². The SMILES string of the molecule is CCCCCCCCc1ccc([C@@H]2CC[C@@](CO)(NC(=O)OC(C)(C)C)C2)cc1. The van der Waals surface area contributed by atoms with Gasteiger partial charge in [0.1, 0.15) is 5.60 Å². The van der Waals surface area contributed by atoms with Crippen LogP contribution in [0.1, 0.15) is 103 Å². The number of nitrogens with one attached hydrogen (secondary N) is 1. The molecule has 2 atom stereocenters. The van der Waals surface area contributed by atoms with Crippen LogP contribution in [0.5, 0.6) is 0 Å². The Balaban J connectivity index is 1.84. The van der Waals surface area contributed by atoms with Crippen molar-refractivity contribution in [3.63, 3.8) is 0 Å². The normalized spacial score (nSPS) is 21.9. The highest BCUT2D eigenvalue weighted by Gasteiger charge is 2.41. The second-order valence-electron chi connectivity index (χ2n) is 9.76. The van der Waals surface area contributed by atoms with E-state index in [1.807, 2.05) is 20.8 Å². The van der Waals surface area contributed by atoms with E-state index in [0.717, 1.165) is 25.7 Å². The first kappa shape index (κ1) is 23.7. The van der Waals surface area contributed by atoms with Gasteiger partial charge in [-0.2, -0.15) is 0 Å². The largest absolute Gasteiger partial charge is 0.444 e. The van der Waals surface area contributed by atoms with Crippen molar-refractivity contribution in [1.82, 2.24) is 5.32 Å². The first-order valence-corrected chi connectivity index (χ1v) is 11.5. The molecule has 0 aliphatic heterocycles. The van der Waals surface area contributed by atoms with Gasteiger partial charge in [0.25, 0.3) is 0 Å². The van der Waals surface area contributed by atoms with Gasteiger partial charge in [0, 0.05) is 0 Å². The molecule has 1 aliphatic rings. The molecule has 2 N–H and O–H groups in total. The Kier molecular flexibility index (Phi) is 9.01. The summed E-state index contributed by atoms with van der Waals surface area (Å²) < 4.78 is 5.39. The van der Waals surface area contributed by atoms with Gasteiger partial charge in [-0.3, -0.25) is 0 Å². The number of ether oxygens (including phenoxy) is 1. The molecule has 4 nitrogen and oxygen atoms in total. The van der Waals surface area contributed by atoms with E-state index in [1.54, 1.807) is 0 Å². The van der Waals surface area contributed by atoms with Crippen LogP contribution >= 0.6 is 0 Å². The molecule has 0 spiro atoms. The first-order valence-electron chi connectivity index (χ1n) is 11.5. The van der Waals surface area contributed by atoms with E-state index in [4.69, 9.17) is 4.74 Å². The average Bonchev–Trinajstić information content (AvgIpc) is 3.08. The Hall–Kier alpha value is -1.55. The summed E-state index contributed by atoms with van der Waals surface area (Å²) in [5.41, 5.74) is 1.59. The highest BCUT2D eigenvalue weighted by atomic mass is 16.6. The smallest absolute Gasteiger partial charge is 0.408 e. The van der Waals surface area contributed by atoms with Crippen molar-refractivity contribution in [2.45, 2.75) is 109 Å². The predicted octanol–water partition coefficient (Wildman–Crippen LogP) is 6.11. The zero-order valence-electron chi connectivity index (χ0n) is 18.9. The summed E-state index contributed by atoms with van der Waals surface area (Å²) >= 11 is 0. The van der Waals surface area contributed by atoms with Crippen molar-refractivity contribution in [1.29, 1.82) is 0 Å². The van der Waals surface area contributed by atoms with Gasteiger partial charge in [-0.25, -0.2) is 4.79 Å². The molecule has 1 aromatic rings. The van der Waals surface area contributed by atoms with Gasteiger partial charge in [0.15, 0.2) is 0 Å². The summed E-state index contributed by atoms with van der Waals surface area (Å²) in [5, 5.41) is 12.9. The number of unbranched alkanes of at least 4 members (excludes halogenated alkanes) is 5. The lowest BCUT2D eigenvalue weighted by Gasteiger charge is -2.30. The monoisotopic (exact) mass is 403 g/mol. The van der Waals surface area contributed by atoms with Crippen molar-refractivity contribution in [2.75, 3.05) is 6.61 Å². The molecule has 29 heavy (non-hydrogen) atoms. The van der Waals surface area contributed by atoms with Crippen LogP contribution < -0.4 is 5.32 Å². The maximum atomic E-state index is 12.2. The number of carbonyl (C=O) groups excluding carboxylic acids is 1. The highest BCUT2D eigenvalue weighted by molar-refractivity contribution is 5.69. The Morgan fingerprint density at radius 3 is 2.41 bits per heavy atom. The number of rotatable bonds is 10. The van der Waals surface area contributed by atoms with E-state index in [2.05, 4.69) is 36.5 Å². The number of benzene rings is 1. The van der Waals surface area contributed by atoms with E-state index in [0.29, 0.717) is 5.92 Å². The van der Waals surface area contributed by atoms with Crippen molar-refractivity contribution in [2.24, 2.45) is 0 Å². The van der Waals surface area contributed by atoms with Crippen molar-refractivity contribution < 1.29 is 14.6 Å². The van der Waals surface area contributed by atoms with E-state index in [9.17, 15) is 9.90 Å². The van der Waals surface area contributed by atoms with Crippen LogP contribution in [-0.4, -0.2) is 28.9 Å². The highest BCUT2D eigenvalue weighted by Crippen LogP contribution is 2.41. The molecule has 0 heterocycles.